The number of benzene rings is 3. The number of carbonyl (C=O) groups excluding carboxylic acids is 1. The largest absolute Gasteiger partial charge is 0.399 e. The fourth-order valence-corrected chi connectivity index (χ4v) is 3.90. The van der Waals surface area contributed by atoms with Crippen LogP contribution in [0, 0.1) is 11.6 Å². The van der Waals surface area contributed by atoms with Gasteiger partial charge in [-0.2, -0.15) is 0 Å². The zero-order chi connectivity index (χ0) is 25.9. The number of nitrogen functional groups attached to an aromatic ring is 1. The Morgan fingerprint density at radius 1 is 1.03 bits per heavy atom. The summed E-state index contributed by atoms with van der Waals surface area (Å²) < 4.78 is 29.8. The SMILES string of the molecule is Nc1ccc(Cn2cnnc2CN(Cc2ccc(F)cc2F)C(=O)c2nc3ccccc3[nH]c2=O)cc1. The lowest BCUT2D eigenvalue weighted by atomic mass is 10.1. The molecule has 0 radical (unpaired) electrons. The summed E-state index contributed by atoms with van der Waals surface area (Å²) in [7, 11) is 0. The molecule has 0 saturated carbocycles. The maximum absolute atomic E-state index is 14.5. The molecule has 0 aliphatic rings. The molecule has 37 heavy (non-hydrogen) atoms. The lowest BCUT2D eigenvalue weighted by Crippen LogP contribution is -2.36. The highest BCUT2D eigenvalue weighted by Gasteiger charge is 2.25. The van der Waals surface area contributed by atoms with E-state index in [0.717, 1.165) is 17.7 Å². The Kier molecular flexibility index (Phi) is 6.42. The molecule has 2 heterocycles. The summed E-state index contributed by atoms with van der Waals surface area (Å²) in [4.78, 5) is 34.5. The summed E-state index contributed by atoms with van der Waals surface area (Å²) in [6.45, 7) is 0.0244. The zero-order valence-electron chi connectivity index (χ0n) is 19.4. The summed E-state index contributed by atoms with van der Waals surface area (Å²) >= 11 is 0. The lowest BCUT2D eigenvalue weighted by molar-refractivity contribution is 0.0714. The molecule has 9 nitrogen and oxygen atoms in total. The van der Waals surface area contributed by atoms with Crippen molar-refractivity contribution >= 4 is 22.6 Å². The molecule has 0 fully saturated rings. The molecule has 0 aliphatic heterocycles. The number of anilines is 1. The molecule has 186 valence electrons. The predicted molar refractivity (Wildman–Crippen MR) is 132 cm³/mol. The zero-order valence-corrected chi connectivity index (χ0v) is 19.4. The van der Waals surface area contributed by atoms with Crippen LogP contribution in [0.25, 0.3) is 11.0 Å². The molecule has 3 N–H and O–H groups in total. The first-order valence-electron chi connectivity index (χ1n) is 11.3. The van der Waals surface area contributed by atoms with Crippen molar-refractivity contribution in [2.75, 3.05) is 5.73 Å². The van der Waals surface area contributed by atoms with E-state index in [1.54, 1.807) is 41.0 Å². The van der Waals surface area contributed by atoms with Gasteiger partial charge in [0.15, 0.2) is 11.5 Å². The quantitative estimate of drug-likeness (QED) is 0.330. The van der Waals surface area contributed by atoms with E-state index in [-0.39, 0.29) is 24.3 Å². The molecule has 1 amide bonds. The Hall–Kier alpha value is -4.93. The van der Waals surface area contributed by atoms with E-state index in [1.165, 1.54) is 17.3 Å². The van der Waals surface area contributed by atoms with Gasteiger partial charge in [-0.15, -0.1) is 10.2 Å². The Labute approximate surface area is 209 Å². The van der Waals surface area contributed by atoms with Gasteiger partial charge in [0.1, 0.15) is 18.0 Å². The van der Waals surface area contributed by atoms with Gasteiger partial charge >= 0.3 is 0 Å². The van der Waals surface area contributed by atoms with Gasteiger partial charge in [-0.3, -0.25) is 9.59 Å². The number of aromatic nitrogens is 5. The summed E-state index contributed by atoms with van der Waals surface area (Å²) in [5, 5.41) is 8.09. The smallest absolute Gasteiger partial charge is 0.280 e. The third-order valence-electron chi connectivity index (χ3n) is 5.83. The normalized spacial score (nSPS) is 11.1. The number of fused-ring (bicyclic) bond motifs is 1. The van der Waals surface area contributed by atoms with E-state index < -0.39 is 23.1 Å². The Morgan fingerprint density at radius 3 is 2.59 bits per heavy atom. The molecule has 5 aromatic rings. The molecule has 11 heteroatoms. The van der Waals surface area contributed by atoms with E-state index in [9.17, 15) is 18.4 Å². The first-order valence-corrected chi connectivity index (χ1v) is 11.3. The predicted octanol–water partition coefficient (Wildman–Crippen LogP) is 3.27. The second-order valence-electron chi connectivity index (χ2n) is 8.45. The highest BCUT2D eigenvalue weighted by atomic mass is 19.1. The molecular weight excluding hydrogens is 480 g/mol. The minimum Gasteiger partial charge on any atom is -0.399 e. The maximum atomic E-state index is 14.5. The fraction of sp³-hybridized carbons (Fsp3) is 0.115. The van der Waals surface area contributed by atoms with E-state index in [0.29, 0.717) is 29.1 Å². The maximum Gasteiger partial charge on any atom is 0.280 e. The summed E-state index contributed by atoms with van der Waals surface area (Å²) in [6.07, 6.45) is 1.51. The van der Waals surface area contributed by atoms with Gasteiger partial charge in [0.2, 0.25) is 0 Å². The average molecular weight is 501 g/mol. The van der Waals surface area contributed by atoms with Crippen LogP contribution in [-0.4, -0.2) is 35.5 Å². The van der Waals surface area contributed by atoms with Gasteiger partial charge < -0.3 is 20.2 Å². The number of nitrogens with two attached hydrogens (primary N) is 1. The average Bonchev–Trinajstić information content (AvgIpc) is 3.32. The Bertz CT molecular complexity index is 1650. The second-order valence-corrected chi connectivity index (χ2v) is 8.45. The molecular formula is C26H21F2N7O2. The number of rotatable bonds is 7. The molecule has 3 aromatic carbocycles. The number of hydrogen-bond donors (Lipinski definition) is 2. The molecule has 2 aromatic heterocycles. The number of aromatic amines is 1. The Balaban J connectivity index is 1.50. The summed E-state index contributed by atoms with van der Waals surface area (Å²) in [5.74, 6) is -1.90. The number of carbonyl (C=O) groups is 1. The number of amides is 1. The molecule has 0 bridgehead atoms. The third kappa shape index (κ3) is 5.20. The van der Waals surface area contributed by atoms with E-state index in [1.807, 2.05) is 12.1 Å². The molecule has 0 saturated heterocycles. The lowest BCUT2D eigenvalue weighted by Gasteiger charge is -2.22. The number of para-hydroxylation sites is 2. The van der Waals surface area contributed by atoms with Gasteiger partial charge in [-0.1, -0.05) is 30.3 Å². The highest BCUT2D eigenvalue weighted by Crippen LogP contribution is 2.17. The van der Waals surface area contributed by atoms with Gasteiger partial charge in [-0.25, -0.2) is 13.8 Å². The van der Waals surface area contributed by atoms with Gasteiger partial charge in [0.05, 0.1) is 24.1 Å². The van der Waals surface area contributed by atoms with Crippen molar-refractivity contribution < 1.29 is 13.6 Å². The Morgan fingerprint density at radius 2 is 1.81 bits per heavy atom. The van der Waals surface area contributed by atoms with Crippen molar-refractivity contribution in [3.8, 4) is 0 Å². The number of hydrogen-bond acceptors (Lipinski definition) is 6. The molecule has 5 rings (SSSR count). The molecule has 0 atom stereocenters. The van der Waals surface area contributed by atoms with E-state index in [4.69, 9.17) is 5.73 Å². The van der Waals surface area contributed by atoms with Crippen molar-refractivity contribution in [3.05, 3.63) is 118 Å². The highest BCUT2D eigenvalue weighted by molar-refractivity contribution is 5.93. The standard InChI is InChI=1S/C26H21F2N7O2/c27-18-8-7-17(20(28)11-18)13-34(26(37)24-25(36)32-22-4-2-1-3-21(22)31-24)14-23-33-30-15-35(23)12-16-5-9-19(29)10-6-16/h1-11,15H,12-14,29H2,(H,32,36). The first kappa shape index (κ1) is 23.8. The first-order chi connectivity index (χ1) is 17.9. The van der Waals surface area contributed by atoms with Crippen molar-refractivity contribution in [1.82, 2.24) is 29.6 Å². The minimum atomic E-state index is -0.818. The minimum absolute atomic E-state index is 0.0663. The van der Waals surface area contributed by atoms with Crippen molar-refractivity contribution in [2.24, 2.45) is 0 Å². The van der Waals surface area contributed by atoms with Gasteiger partial charge in [-0.05, 0) is 35.9 Å². The topological polar surface area (TPSA) is 123 Å². The van der Waals surface area contributed by atoms with Crippen molar-refractivity contribution in [3.63, 3.8) is 0 Å². The van der Waals surface area contributed by atoms with Crippen LogP contribution in [0.5, 0.6) is 0 Å². The van der Waals surface area contributed by atoms with Crippen LogP contribution in [-0.2, 0) is 19.6 Å². The summed E-state index contributed by atoms with van der Waals surface area (Å²) in [6, 6.07) is 17.1. The number of H-pyrrole nitrogens is 1. The molecule has 0 aliphatic carbocycles. The third-order valence-corrected chi connectivity index (χ3v) is 5.83. The van der Waals surface area contributed by atoms with Crippen LogP contribution in [0.4, 0.5) is 14.5 Å². The van der Waals surface area contributed by atoms with Crippen LogP contribution < -0.4 is 11.3 Å². The molecule has 0 unspecified atom stereocenters. The van der Waals surface area contributed by atoms with Crippen LogP contribution in [0.1, 0.15) is 27.4 Å². The number of nitrogens with zero attached hydrogens (tertiary/aromatic N) is 5. The fourth-order valence-electron chi connectivity index (χ4n) is 3.90. The van der Waals surface area contributed by atoms with Crippen molar-refractivity contribution in [1.29, 1.82) is 0 Å². The summed E-state index contributed by atoms with van der Waals surface area (Å²) in [5.41, 5.74) is 7.23. The second kappa shape index (κ2) is 9.97. The van der Waals surface area contributed by atoms with E-state index >= 15 is 0 Å². The number of nitrogens with one attached hydrogen (secondary N) is 1. The molecule has 0 spiro atoms. The monoisotopic (exact) mass is 501 g/mol. The van der Waals surface area contributed by atoms with Gasteiger partial charge in [0.25, 0.3) is 11.5 Å². The van der Waals surface area contributed by atoms with Crippen LogP contribution >= 0.6 is 0 Å². The number of halogens is 2. The van der Waals surface area contributed by atoms with E-state index in [2.05, 4.69) is 20.2 Å². The van der Waals surface area contributed by atoms with Crippen LogP contribution in [0.2, 0.25) is 0 Å². The van der Waals surface area contributed by atoms with Crippen molar-refractivity contribution in [2.45, 2.75) is 19.6 Å². The van der Waals surface area contributed by atoms with Crippen LogP contribution in [0.3, 0.4) is 0 Å². The van der Waals surface area contributed by atoms with Crippen LogP contribution in [0.15, 0.2) is 77.9 Å². The van der Waals surface area contributed by atoms with Gasteiger partial charge in [0, 0.05) is 23.9 Å².